The first-order chi connectivity index (χ1) is 14.7. The summed E-state index contributed by atoms with van der Waals surface area (Å²) >= 11 is 1.42. The summed E-state index contributed by atoms with van der Waals surface area (Å²) in [6.45, 7) is 0.362. The molecule has 0 radical (unpaired) electrons. The third-order valence-electron chi connectivity index (χ3n) is 4.10. The van der Waals surface area contributed by atoms with Gasteiger partial charge >= 0.3 is 0 Å². The number of furan rings is 1. The lowest BCUT2D eigenvalue weighted by Crippen LogP contribution is -2.24. The molecule has 1 aromatic carbocycles. The highest BCUT2D eigenvalue weighted by Gasteiger charge is 2.14. The van der Waals surface area contributed by atoms with E-state index >= 15 is 0 Å². The van der Waals surface area contributed by atoms with Crippen LogP contribution in [-0.2, 0) is 17.1 Å². The molecule has 0 fully saturated rings. The van der Waals surface area contributed by atoms with Crippen LogP contribution in [0.3, 0.4) is 0 Å². The van der Waals surface area contributed by atoms with Crippen LogP contribution in [-0.4, -0.2) is 26.8 Å². The lowest BCUT2D eigenvalue weighted by molar-refractivity contribution is -0.118. The van der Waals surface area contributed by atoms with Crippen LogP contribution >= 0.6 is 11.8 Å². The number of nitrogens with zero attached hydrogens (tertiary/aromatic N) is 3. The summed E-state index contributed by atoms with van der Waals surface area (Å²) in [5.74, 6) is 2.28. The number of aromatic nitrogens is 3. The second-order valence-electron chi connectivity index (χ2n) is 6.33. The number of nitrogens with one attached hydrogen (secondary N) is 1. The first-order valence-electron chi connectivity index (χ1n) is 9.09. The van der Waals surface area contributed by atoms with Gasteiger partial charge in [-0.3, -0.25) is 9.78 Å². The summed E-state index contributed by atoms with van der Waals surface area (Å²) in [6, 6.07) is 13.2. The van der Waals surface area contributed by atoms with Gasteiger partial charge in [-0.2, -0.15) is 4.98 Å². The molecule has 3 heterocycles. The molecule has 7 nitrogen and oxygen atoms in total. The number of thioether (sulfide) groups is 1. The number of carbonyl (C=O) groups excluding carboxylic acids is 1. The summed E-state index contributed by atoms with van der Waals surface area (Å²) in [5.41, 5.74) is 1.59. The molecule has 1 amide bonds. The molecule has 4 rings (SSSR count). The molecule has 0 spiro atoms. The van der Waals surface area contributed by atoms with Gasteiger partial charge in [-0.15, -0.1) is 11.8 Å². The summed E-state index contributed by atoms with van der Waals surface area (Å²) in [7, 11) is 0. The highest BCUT2D eigenvalue weighted by atomic mass is 32.2. The van der Waals surface area contributed by atoms with Crippen molar-refractivity contribution in [2.24, 2.45) is 0 Å². The molecule has 30 heavy (non-hydrogen) atoms. The average Bonchev–Trinajstić information content (AvgIpc) is 3.44. The first kappa shape index (κ1) is 19.8. The van der Waals surface area contributed by atoms with Gasteiger partial charge < -0.3 is 14.3 Å². The number of halogens is 1. The molecule has 3 aromatic heterocycles. The number of amides is 1. The highest BCUT2D eigenvalue weighted by molar-refractivity contribution is 7.99. The van der Waals surface area contributed by atoms with Crippen molar-refractivity contribution < 1.29 is 18.1 Å². The average molecular weight is 424 g/mol. The normalized spacial score (nSPS) is 10.8. The maximum atomic E-state index is 12.9. The van der Waals surface area contributed by atoms with Gasteiger partial charge in [0, 0.05) is 24.5 Å². The molecule has 0 unspecified atom stereocenters. The number of rotatable bonds is 8. The molecule has 1 N–H and O–H groups in total. The van der Waals surface area contributed by atoms with Crippen molar-refractivity contribution in [2.75, 3.05) is 5.75 Å². The van der Waals surface area contributed by atoms with Crippen LogP contribution in [0.25, 0.3) is 23.0 Å². The summed E-state index contributed by atoms with van der Waals surface area (Å²) in [4.78, 5) is 20.3. The third-order valence-corrected chi connectivity index (χ3v) is 5.05. The van der Waals surface area contributed by atoms with E-state index in [4.69, 9.17) is 8.94 Å². The second kappa shape index (κ2) is 9.36. The minimum atomic E-state index is -0.299. The minimum Gasteiger partial charge on any atom is -0.455 e. The predicted molar refractivity (Wildman–Crippen MR) is 110 cm³/mol. The predicted octanol–water partition coefficient (Wildman–Crippen LogP) is 4.08. The fraction of sp³-hybridized carbons (Fsp3) is 0.143. The molecule has 152 valence electrons. The minimum absolute atomic E-state index is 0.103. The standard InChI is InChI=1S/C21H17FN4O3S/c22-16-5-3-14(4-6-16)10-24-19(27)13-30-12-17-7-8-18(28-17)21-25-20(26-29-21)15-2-1-9-23-11-15/h1-9,11H,10,12-13H2,(H,24,27). The smallest absolute Gasteiger partial charge is 0.293 e. The van der Waals surface area contributed by atoms with E-state index in [1.54, 1.807) is 36.7 Å². The van der Waals surface area contributed by atoms with E-state index in [9.17, 15) is 9.18 Å². The first-order valence-corrected chi connectivity index (χ1v) is 10.2. The Balaban J connectivity index is 1.25. The van der Waals surface area contributed by atoms with Crippen LogP contribution in [0.1, 0.15) is 11.3 Å². The van der Waals surface area contributed by atoms with Crippen molar-refractivity contribution in [3.63, 3.8) is 0 Å². The topological polar surface area (TPSA) is 94.0 Å². The Kier molecular flexibility index (Phi) is 6.19. The highest BCUT2D eigenvalue weighted by Crippen LogP contribution is 2.25. The van der Waals surface area contributed by atoms with Gasteiger partial charge in [0.2, 0.25) is 11.7 Å². The number of carbonyl (C=O) groups is 1. The molecule has 0 aliphatic heterocycles. The van der Waals surface area contributed by atoms with E-state index in [-0.39, 0.29) is 23.4 Å². The second-order valence-corrected chi connectivity index (χ2v) is 7.31. The van der Waals surface area contributed by atoms with Crippen molar-refractivity contribution in [2.45, 2.75) is 12.3 Å². The molecule has 0 aliphatic rings. The monoisotopic (exact) mass is 424 g/mol. The zero-order valence-electron chi connectivity index (χ0n) is 15.7. The maximum absolute atomic E-state index is 12.9. The van der Waals surface area contributed by atoms with Gasteiger partial charge in [0.05, 0.1) is 11.5 Å². The van der Waals surface area contributed by atoms with Crippen molar-refractivity contribution in [3.05, 3.63) is 78.1 Å². The van der Waals surface area contributed by atoms with Crippen LogP contribution in [0.4, 0.5) is 4.39 Å². The van der Waals surface area contributed by atoms with Gasteiger partial charge in [0.1, 0.15) is 11.6 Å². The number of hydrogen-bond acceptors (Lipinski definition) is 7. The molecule has 0 aliphatic carbocycles. The molecule has 0 bridgehead atoms. The fourth-order valence-electron chi connectivity index (χ4n) is 2.60. The van der Waals surface area contributed by atoms with Gasteiger partial charge in [-0.25, -0.2) is 4.39 Å². The summed E-state index contributed by atoms with van der Waals surface area (Å²) in [6.07, 6.45) is 3.32. The number of benzene rings is 1. The molecule has 0 saturated carbocycles. The zero-order valence-corrected chi connectivity index (χ0v) is 16.6. The summed E-state index contributed by atoms with van der Waals surface area (Å²) < 4.78 is 23.9. The molecule has 4 aromatic rings. The van der Waals surface area contributed by atoms with E-state index in [1.165, 1.54) is 23.9 Å². The fourth-order valence-corrected chi connectivity index (χ4v) is 3.35. The van der Waals surface area contributed by atoms with Crippen LogP contribution in [0.5, 0.6) is 0 Å². The van der Waals surface area contributed by atoms with E-state index in [1.807, 2.05) is 12.1 Å². The van der Waals surface area contributed by atoms with Crippen molar-refractivity contribution in [1.29, 1.82) is 0 Å². The SMILES string of the molecule is O=C(CSCc1ccc(-c2nc(-c3cccnc3)no2)o1)NCc1ccc(F)cc1. The van der Waals surface area contributed by atoms with Gasteiger partial charge in [0.15, 0.2) is 5.76 Å². The quantitative estimate of drug-likeness (QED) is 0.455. The van der Waals surface area contributed by atoms with Crippen molar-refractivity contribution in [3.8, 4) is 23.0 Å². The number of hydrogen-bond donors (Lipinski definition) is 1. The lowest BCUT2D eigenvalue weighted by atomic mass is 10.2. The largest absolute Gasteiger partial charge is 0.455 e. The van der Waals surface area contributed by atoms with Crippen molar-refractivity contribution >= 4 is 17.7 Å². The van der Waals surface area contributed by atoms with Gasteiger partial charge in [0.25, 0.3) is 5.89 Å². The Morgan fingerprint density at radius 3 is 2.80 bits per heavy atom. The van der Waals surface area contributed by atoms with Crippen LogP contribution in [0.2, 0.25) is 0 Å². The Labute approximate surface area is 175 Å². The number of pyridine rings is 1. The molecule has 0 atom stereocenters. The van der Waals surface area contributed by atoms with Crippen LogP contribution in [0.15, 0.2) is 69.9 Å². The lowest BCUT2D eigenvalue weighted by Gasteiger charge is -2.05. The Hall–Kier alpha value is -3.46. The van der Waals surface area contributed by atoms with Crippen molar-refractivity contribution in [1.82, 2.24) is 20.4 Å². The Morgan fingerprint density at radius 1 is 1.13 bits per heavy atom. The van der Waals surface area contributed by atoms with Gasteiger partial charge in [-0.1, -0.05) is 17.3 Å². The third kappa shape index (κ3) is 5.12. The molecular weight excluding hydrogens is 407 g/mol. The maximum Gasteiger partial charge on any atom is 0.293 e. The Bertz CT molecular complexity index is 1110. The van der Waals surface area contributed by atoms with E-state index in [0.717, 1.165) is 11.1 Å². The molecule has 9 heteroatoms. The van der Waals surface area contributed by atoms with Gasteiger partial charge in [-0.05, 0) is 42.0 Å². The summed E-state index contributed by atoms with van der Waals surface area (Å²) in [5, 5.41) is 6.75. The molecule has 0 saturated heterocycles. The van der Waals surface area contributed by atoms with Crippen LogP contribution in [0, 0.1) is 5.82 Å². The Morgan fingerprint density at radius 2 is 2.00 bits per heavy atom. The van der Waals surface area contributed by atoms with Crippen LogP contribution < -0.4 is 5.32 Å². The van der Waals surface area contributed by atoms with E-state index in [2.05, 4.69) is 20.4 Å². The molecular formula is C21H17FN4O3S. The zero-order chi connectivity index (χ0) is 20.8. The van der Waals surface area contributed by atoms with E-state index in [0.29, 0.717) is 29.6 Å². The van der Waals surface area contributed by atoms with E-state index < -0.39 is 0 Å².